The van der Waals surface area contributed by atoms with Gasteiger partial charge in [-0.1, -0.05) is 60.7 Å². The predicted octanol–water partition coefficient (Wildman–Crippen LogP) is 3.77. The molecule has 39 heavy (non-hydrogen) atoms. The van der Waals surface area contributed by atoms with Gasteiger partial charge in [0.05, 0.1) is 6.04 Å². The van der Waals surface area contributed by atoms with Gasteiger partial charge in [0.15, 0.2) is 6.10 Å². The largest absolute Gasteiger partial charge is 0.378 e. The first-order valence-corrected chi connectivity index (χ1v) is 12.8. The van der Waals surface area contributed by atoms with E-state index in [-0.39, 0.29) is 23.4 Å². The van der Waals surface area contributed by atoms with Gasteiger partial charge in [-0.25, -0.2) is 8.78 Å². The quantitative estimate of drug-likeness (QED) is 0.429. The Labute approximate surface area is 225 Å². The summed E-state index contributed by atoms with van der Waals surface area (Å²) in [5.41, 5.74) is 1.61. The van der Waals surface area contributed by atoms with Crippen LogP contribution in [0, 0.1) is 11.6 Å². The normalized spacial score (nSPS) is 21.0. The molecule has 9 heteroatoms. The van der Waals surface area contributed by atoms with Crippen molar-refractivity contribution in [2.45, 2.75) is 49.9 Å². The number of halogens is 2. The maximum absolute atomic E-state index is 13.8. The number of likely N-dealkylation sites (tertiary alicyclic amines) is 1. The molecule has 3 N–H and O–H groups in total. The second-order valence-corrected chi connectivity index (χ2v) is 9.79. The van der Waals surface area contributed by atoms with Crippen LogP contribution in [0.4, 0.5) is 8.78 Å². The first-order chi connectivity index (χ1) is 18.7. The van der Waals surface area contributed by atoms with Crippen LogP contribution in [0.15, 0.2) is 78.9 Å². The predicted molar refractivity (Wildman–Crippen MR) is 141 cm³/mol. The highest BCUT2D eigenvalue weighted by Gasteiger charge is 2.40. The van der Waals surface area contributed by atoms with Crippen LogP contribution in [0.5, 0.6) is 0 Å². The number of rotatable bonds is 7. The van der Waals surface area contributed by atoms with E-state index >= 15 is 0 Å². The molecule has 1 aliphatic heterocycles. The number of nitrogens with zero attached hydrogens (tertiary/aromatic N) is 1. The van der Waals surface area contributed by atoms with E-state index in [0.717, 1.165) is 23.3 Å². The van der Waals surface area contributed by atoms with Crippen LogP contribution in [-0.4, -0.2) is 46.9 Å². The molecule has 1 heterocycles. The maximum atomic E-state index is 13.8. The third-order valence-corrected chi connectivity index (χ3v) is 7.15. The monoisotopic (exact) mass is 535 g/mol. The molecule has 0 radical (unpaired) electrons. The summed E-state index contributed by atoms with van der Waals surface area (Å²) in [5, 5.41) is 15.5. The molecular weight excluding hydrogens is 504 g/mol. The summed E-state index contributed by atoms with van der Waals surface area (Å²) >= 11 is 0. The molecule has 3 aromatic rings. The summed E-state index contributed by atoms with van der Waals surface area (Å²) in [7, 11) is 1.71. The molecule has 0 aromatic heterocycles. The van der Waals surface area contributed by atoms with Gasteiger partial charge in [-0.2, -0.15) is 0 Å². The standard InChI is InChI=1S/C30H31F2N3O4/c1-18(33-29(38)27(36)21-15-22(31)17-23(32)16-21)28(37)34-26-24(19-9-5-3-6-10-19)13-14-25(35(2)30(26)39)20-11-7-4-8-12-20/h3-12,15-18,24-27,36H,13-14H2,1-2H3,(H,33,38)(H,34,37)/t18-,24+,25+,26-,27-/m0/s1. The van der Waals surface area contributed by atoms with Crippen molar-refractivity contribution in [1.82, 2.24) is 15.5 Å². The minimum Gasteiger partial charge on any atom is -0.378 e. The van der Waals surface area contributed by atoms with Gasteiger partial charge >= 0.3 is 0 Å². The van der Waals surface area contributed by atoms with Crippen molar-refractivity contribution in [2.24, 2.45) is 0 Å². The van der Waals surface area contributed by atoms with Crippen molar-refractivity contribution in [2.75, 3.05) is 7.05 Å². The average molecular weight is 536 g/mol. The molecule has 204 valence electrons. The fourth-order valence-electron chi connectivity index (χ4n) is 5.05. The molecule has 0 saturated carbocycles. The summed E-state index contributed by atoms with van der Waals surface area (Å²) in [6.07, 6.45) is -0.587. The van der Waals surface area contributed by atoms with Gasteiger partial charge in [0.25, 0.3) is 5.91 Å². The molecule has 1 saturated heterocycles. The Balaban J connectivity index is 1.53. The van der Waals surface area contributed by atoms with Crippen LogP contribution < -0.4 is 10.6 Å². The van der Waals surface area contributed by atoms with Gasteiger partial charge < -0.3 is 20.6 Å². The molecule has 0 aliphatic carbocycles. The number of carbonyl (C=O) groups is 3. The van der Waals surface area contributed by atoms with Gasteiger partial charge in [0.2, 0.25) is 11.8 Å². The van der Waals surface area contributed by atoms with Crippen LogP contribution in [0.1, 0.15) is 54.5 Å². The zero-order valence-corrected chi connectivity index (χ0v) is 21.7. The van der Waals surface area contributed by atoms with Crippen molar-refractivity contribution >= 4 is 17.7 Å². The lowest BCUT2D eigenvalue weighted by atomic mass is 9.86. The molecule has 3 aromatic carbocycles. The SMILES string of the molecule is C[C@H](NC(=O)[C@@H](O)c1cc(F)cc(F)c1)C(=O)N[C@@H]1C(=O)N(C)[C@@H](c2ccccc2)CC[C@@H]1c1ccccc1. The van der Waals surface area contributed by atoms with Crippen molar-refractivity contribution in [3.05, 3.63) is 107 Å². The number of aliphatic hydroxyl groups is 1. The summed E-state index contributed by atoms with van der Waals surface area (Å²) in [6, 6.07) is 19.2. The van der Waals surface area contributed by atoms with E-state index in [1.165, 1.54) is 6.92 Å². The number of hydrogen-bond acceptors (Lipinski definition) is 4. The highest BCUT2D eigenvalue weighted by atomic mass is 19.1. The number of likely N-dealkylation sites (N-methyl/N-ethyl adjacent to an activating group) is 1. The van der Waals surface area contributed by atoms with Crippen LogP contribution in [-0.2, 0) is 14.4 Å². The summed E-state index contributed by atoms with van der Waals surface area (Å²) in [4.78, 5) is 41.2. The Bertz CT molecular complexity index is 1300. The van der Waals surface area contributed by atoms with Gasteiger partial charge in [0, 0.05) is 19.0 Å². The Kier molecular flexibility index (Phi) is 8.71. The van der Waals surface area contributed by atoms with Crippen molar-refractivity contribution < 1.29 is 28.3 Å². The van der Waals surface area contributed by atoms with Gasteiger partial charge in [-0.05, 0) is 48.6 Å². The van der Waals surface area contributed by atoms with E-state index in [4.69, 9.17) is 0 Å². The lowest BCUT2D eigenvalue weighted by molar-refractivity contribution is -0.138. The highest BCUT2D eigenvalue weighted by Crippen LogP contribution is 2.37. The molecule has 5 atom stereocenters. The fourth-order valence-corrected chi connectivity index (χ4v) is 5.05. The number of aliphatic hydroxyl groups excluding tert-OH is 1. The molecule has 1 aliphatic rings. The van der Waals surface area contributed by atoms with E-state index in [1.807, 2.05) is 60.7 Å². The van der Waals surface area contributed by atoms with E-state index < -0.39 is 41.6 Å². The van der Waals surface area contributed by atoms with Gasteiger partial charge in [-0.15, -0.1) is 0 Å². The van der Waals surface area contributed by atoms with Gasteiger partial charge in [0.1, 0.15) is 23.7 Å². The van der Waals surface area contributed by atoms with E-state index in [0.29, 0.717) is 18.9 Å². The Morgan fingerprint density at radius 1 is 0.897 bits per heavy atom. The van der Waals surface area contributed by atoms with E-state index in [1.54, 1.807) is 11.9 Å². The van der Waals surface area contributed by atoms with Crippen LogP contribution in [0.25, 0.3) is 0 Å². The fraction of sp³-hybridized carbons (Fsp3) is 0.300. The van der Waals surface area contributed by atoms with Crippen molar-refractivity contribution in [3.8, 4) is 0 Å². The average Bonchev–Trinajstić information content (AvgIpc) is 3.04. The lowest BCUT2D eigenvalue weighted by Crippen LogP contribution is -2.54. The van der Waals surface area contributed by atoms with Crippen LogP contribution in [0.3, 0.4) is 0 Å². The van der Waals surface area contributed by atoms with Crippen LogP contribution >= 0.6 is 0 Å². The Morgan fingerprint density at radius 3 is 2.05 bits per heavy atom. The summed E-state index contributed by atoms with van der Waals surface area (Å²) < 4.78 is 27.1. The number of nitrogens with one attached hydrogen (secondary N) is 2. The number of benzene rings is 3. The molecule has 0 spiro atoms. The minimum atomic E-state index is -1.89. The zero-order valence-electron chi connectivity index (χ0n) is 21.7. The lowest BCUT2D eigenvalue weighted by Gasteiger charge is -2.30. The molecule has 3 amide bonds. The number of hydrogen-bond donors (Lipinski definition) is 3. The van der Waals surface area contributed by atoms with Crippen molar-refractivity contribution in [1.29, 1.82) is 0 Å². The summed E-state index contributed by atoms with van der Waals surface area (Å²) in [5.74, 6) is -4.11. The molecule has 4 rings (SSSR count). The van der Waals surface area contributed by atoms with E-state index in [9.17, 15) is 28.3 Å². The first kappa shape index (κ1) is 27.9. The van der Waals surface area contributed by atoms with Gasteiger partial charge in [-0.3, -0.25) is 14.4 Å². The maximum Gasteiger partial charge on any atom is 0.254 e. The first-order valence-electron chi connectivity index (χ1n) is 12.8. The molecule has 0 unspecified atom stereocenters. The smallest absolute Gasteiger partial charge is 0.254 e. The highest BCUT2D eigenvalue weighted by molar-refractivity contribution is 5.93. The van der Waals surface area contributed by atoms with Crippen molar-refractivity contribution in [3.63, 3.8) is 0 Å². The molecule has 0 bridgehead atoms. The Morgan fingerprint density at radius 2 is 1.46 bits per heavy atom. The second kappa shape index (κ2) is 12.2. The van der Waals surface area contributed by atoms with Crippen LogP contribution in [0.2, 0.25) is 0 Å². The molecular formula is C30H31F2N3O4. The molecule has 7 nitrogen and oxygen atoms in total. The topological polar surface area (TPSA) is 98.7 Å². The second-order valence-electron chi connectivity index (χ2n) is 9.79. The third-order valence-electron chi connectivity index (χ3n) is 7.15. The Hall–Kier alpha value is -4.11. The van der Waals surface area contributed by atoms with E-state index in [2.05, 4.69) is 10.6 Å². The summed E-state index contributed by atoms with van der Waals surface area (Å²) in [6.45, 7) is 1.40. The minimum absolute atomic E-state index is 0.175. The zero-order chi connectivity index (χ0) is 28.1. The molecule has 1 fully saturated rings. The third kappa shape index (κ3) is 6.49. The number of carbonyl (C=O) groups excluding carboxylic acids is 3. The number of amides is 3.